The summed E-state index contributed by atoms with van der Waals surface area (Å²) in [4.78, 5) is 2.01. The minimum atomic E-state index is 0.0880. The van der Waals surface area contributed by atoms with Crippen molar-refractivity contribution >= 4 is 28.9 Å². The number of hydrogen-bond donors (Lipinski definition) is 0. The number of aromatic nitrogens is 3. The highest BCUT2D eigenvalue weighted by atomic mass is 35.5. The second-order valence-electron chi connectivity index (χ2n) is 6.66. The van der Waals surface area contributed by atoms with Crippen molar-refractivity contribution in [1.82, 2.24) is 19.7 Å². The summed E-state index contributed by atoms with van der Waals surface area (Å²) in [5, 5.41) is 22.8. The fraction of sp³-hybridized carbons (Fsp3) is 0.211. The van der Waals surface area contributed by atoms with Crippen LogP contribution in [0.2, 0.25) is 10.0 Å². The van der Waals surface area contributed by atoms with Crippen LogP contribution in [0.1, 0.15) is 22.8 Å². The van der Waals surface area contributed by atoms with Crippen LogP contribution in [0.5, 0.6) is 0 Å². The Hall–Kier alpha value is -2.41. The van der Waals surface area contributed by atoms with Crippen molar-refractivity contribution in [3.63, 3.8) is 0 Å². The normalized spacial score (nSPS) is 13.5. The predicted molar refractivity (Wildman–Crippen MR) is 106 cm³/mol. The van der Waals surface area contributed by atoms with Gasteiger partial charge in [0.25, 0.3) is 0 Å². The van der Waals surface area contributed by atoms with Gasteiger partial charge in [0.2, 0.25) is 18.1 Å². The first-order chi connectivity index (χ1) is 12.9. The van der Waals surface area contributed by atoms with Gasteiger partial charge in [-0.1, -0.05) is 23.2 Å². The molecule has 8 heteroatoms. The Balaban J connectivity index is 1.98. The molecule has 0 atom stereocenters. The van der Waals surface area contributed by atoms with Crippen LogP contribution in [0.25, 0.3) is 5.69 Å². The number of halogens is 2. The molecule has 6 nitrogen and oxygen atoms in total. The first-order valence-corrected chi connectivity index (χ1v) is 9.15. The van der Waals surface area contributed by atoms with Crippen LogP contribution in [-0.4, -0.2) is 44.2 Å². The zero-order chi connectivity index (χ0) is 19.1. The SMILES string of the molecule is CN(C)Cc1nnc2n1-c1ccc(Cl)cc1C(c1ccc(Cl)cc1)=[N+]([O-])C2. The van der Waals surface area contributed by atoms with Gasteiger partial charge in [-0.25, -0.2) is 0 Å². The molecule has 1 aliphatic heterocycles. The molecule has 27 heavy (non-hydrogen) atoms. The Kier molecular flexibility index (Phi) is 4.63. The van der Waals surface area contributed by atoms with Crippen LogP contribution >= 0.6 is 23.2 Å². The topological polar surface area (TPSA) is 60.0 Å². The van der Waals surface area contributed by atoms with Gasteiger partial charge in [-0.2, -0.15) is 4.74 Å². The van der Waals surface area contributed by atoms with Crippen molar-refractivity contribution in [3.05, 3.63) is 80.5 Å². The number of hydrogen-bond acceptors (Lipinski definition) is 4. The largest absolute Gasteiger partial charge is 0.623 e. The van der Waals surface area contributed by atoms with E-state index in [2.05, 4.69) is 10.2 Å². The average molecular weight is 402 g/mol. The van der Waals surface area contributed by atoms with Crippen molar-refractivity contribution in [2.24, 2.45) is 0 Å². The lowest BCUT2D eigenvalue weighted by molar-refractivity contribution is -0.475. The van der Waals surface area contributed by atoms with E-state index in [1.807, 2.05) is 47.8 Å². The first-order valence-electron chi connectivity index (χ1n) is 8.40. The number of hydroxylamine groups is 1. The van der Waals surface area contributed by atoms with Crippen LogP contribution in [-0.2, 0) is 13.1 Å². The van der Waals surface area contributed by atoms with E-state index in [1.165, 1.54) is 0 Å². The Labute approximate surface area is 166 Å². The van der Waals surface area contributed by atoms with Crippen molar-refractivity contribution in [2.45, 2.75) is 13.1 Å². The van der Waals surface area contributed by atoms with E-state index in [-0.39, 0.29) is 6.54 Å². The third-order valence-electron chi connectivity index (χ3n) is 4.36. The molecule has 0 saturated carbocycles. The minimum Gasteiger partial charge on any atom is -0.623 e. The predicted octanol–water partition coefficient (Wildman–Crippen LogP) is 3.50. The molecule has 0 unspecified atom stereocenters. The number of fused-ring (bicyclic) bond motifs is 3. The summed E-state index contributed by atoms with van der Waals surface area (Å²) in [7, 11) is 3.93. The van der Waals surface area contributed by atoms with E-state index < -0.39 is 0 Å². The van der Waals surface area contributed by atoms with Gasteiger partial charge >= 0.3 is 0 Å². The molecule has 0 N–H and O–H groups in total. The van der Waals surface area contributed by atoms with Gasteiger partial charge in [0.15, 0.2) is 5.82 Å². The van der Waals surface area contributed by atoms with E-state index >= 15 is 0 Å². The molecule has 0 bridgehead atoms. The molecule has 3 aromatic rings. The lowest BCUT2D eigenvalue weighted by Gasteiger charge is -2.14. The monoisotopic (exact) mass is 401 g/mol. The van der Waals surface area contributed by atoms with E-state index in [4.69, 9.17) is 23.2 Å². The lowest BCUT2D eigenvalue weighted by Crippen LogP contribution is -2.18. The molecule has 4 rings (SSSR count). The summed E-state index contributed by atoms with van der Waals surface area (Å²) in [6.45, 7) is 0.689. The molecule has 1 aliphatic rings. The Morgan fingerprint density at radius 3 is 2.48 bits per heavy atom. The number of benzene rings is 2. The minimum absolute atomic E-state index is 0.0880. The summed E-state index contributed by atoms with van der Waals surface area (Å²) >= 11 is 12.3. The molecule has 2 heterocycles. The van der Waals surface area contributed by atoms with E-state index in [0.717, 1.165) is 27.4 Å². The second kappa shape index (κ2) is 6.96. The molecule has 0 fully saturated rings. The van der Waals surface area contributed by atoms with Gasteiger partial charge in [0.05, 0.1) is 17.8 Å². The summed E-state index contributed by atoms with van der Waals surface area (Å²) < 4.78 is 2.88. The smallest absolute Gasteiger partial charge is 0.228 e. The van der Waals surface area contributed by atoms with Crippen molar-refractivity contribution in [3.8, 4) is 5.69 Å². The summed E-state index contributed by atoms with van der Waals surface area (Å²) in [6, 6.07) is 12.7. The fourth-order valence-electron chi connectivity index (χ4n) is 3.26. The van der Waals surface area contributed by atoms with Crippen molar-refractivity contribution in [2.75, 3.05) is 14.1 Å². The number of rotatable bonds is 3. The maximum Gasteiger partial charge on any atom is 0.228 e. The standard InChI is InChI=1S/C19H17Cl2N5O/c1-24(2)10-17-22-23-18-11-25(27)19(12-3-5-13(20)6-4-12)15-9-14(21)7-8-16(15)26(17)18/h3-9H,10-11H2,1-2H3. The van der Waals surface area contributed by atoms with Crippen molar-refractivity contribution in [1.29, 1.82) is 0 Å². The van der Waals surface area contributed by atoms with Gasteiger partial charge in [0.1, 0.15) is 0 Å². The van der Waals surface area contributed by atoms with Gasteiger partial charge in [-0.15, -0.1) is 10.2 Å². The third-order valence-corrected chi connectivity index (χ3v) is 4.85. The Morgan fingerprint density at radius 2 is 1.78 bits per heavy atom. The molecule has 0 radical (unpaired) electrons. The molecule has 2 aromatic carbocycles. The van der Waals surface area contributed by atoms with E-state index in [9.17, 15) is 5.21 Å². The third kappa shape index (κ3) is 3.32. The van der Waals surface area contributed by atoms with Crippen molar-refractivity contribution < 1.29 is 4.74 Å². The molecule has 0 amide bonds. The Bertz CT molecular complexity index is 1040. The summed E-state index contributed by atoms with van der Waals surface area (Å²) in [5.41, 5.74) is 2.87. The van der Waals surface area contributed by atoms with Crippen LogP contribution in [0.3, 0.4) is 0 Å². The quantitative estimate of drug-likeness (QED) is 0.497. The molecule has 1 aromatic heterocycles. The molecule has 0 saturated heterocycles. The molecular weight excluding hydrogens is 385 g/mol. The highest BCUT2D eigenvalue weighted by Gasteiger charge is 2.29. The highest BCUT2D eigenvalue weighted by Crippen LogP contribution is 2.28. The second-order valence-corrected chi connectivity index (χ2v) is 7.53. The van der Waals surface area contributed by atoms with Gasteiger partial charge in [-0.3, -0.25) is 4.57 Å². The van der Waals surface area contributed by atoms with Crippen LogP contribution in [0.15, 0.2) is 42.5 Å². The maximum atomic E-state index is 13.1. The maximum absolute atomic E-state index is 13.1. The summed E-state index contributed by atoms with van der Waals surface area (Å²) in [6.07, 6.45) is 0. The molecule has 138 valence electrons. The fourth-order valence-corrected chi connectivity index (χ4v) is 3.56. The zero-order valence-corrected chi connectivity index (χ0v) is 16.4. The molecule has 0 aliphatic carbocycles. The first kappa shape index (κ1) is 18.0. The van der Waals surface area contributed by atoms with E-state index in [1.54, 1.807) is 18.2 Å². The molecule has 0 spiro atoms. The zero-order valence-electron chi connectivity index (χ0n) is 14.9. The lowest BCUT2D eigenvalue weighted by atomic mass is 10.0. The summed E-state index contributed by atoms with van der Waals surface area (Å²) in [5.74, 6) is 1.36. The van der Waals surface area contributed by atoms with Gasteiger partial charge in [-0.05, 0) is 56.6 Å². The van der Waals surface area contributed by atoms with Gasteiger partial charge < -0.3 is 10.1 Å². The van der Waals surface area contributed by atoms with E-state index in [0.29, 0.717) is 28.1 Å². The average Bonchev–Trinajstić information content (AvgIpc) is 2.93. The highest BCUT2D eigenvalue weighted by molar-refractivity contribution is 6.31. The molecular formula is C19H17Cl2N5O. The number of nitrogens with zero attached hydrogens (tertiary/aromatic N) is 5. The van der Waals surface area contributed by atoms with Crippen LogP contribution in [0.4, 0.5) is 0 Å². The van der Waals surface area contributed by atoms with Crippen LogP contribution < -0.4 is 0 Å². The van der Waals surface area contributed by atoms with Gasteiger partial charge in [0, 0.05) is 15.6 Å². The Morgan fingerprint density at radius 1 is 1.07 bits per heavy atom. The van der Waals surface area contributed by atoms with Crippen LogP contribution in [0, 0.1) is 5.21 Å².